The number of carbonyl (C=O) groups excluding carboxylic acids is 1. The first kappa shape index (κ1) is 18.4. The number of aryl methyl sites for hydroxylation is 1. The van der Waals surface area contributed by atoms with Gasteiger partial charge in [0, 0.05) is 56.0 Å². The molecule has 0 unspecified atom stereocenters. The van der Waals surface area contributed by atoms with Crippen LogP contribution in [0, 0.1) is 6.92 Å². The van der Waals surface area contributed by atoms with Crippen LogP contribution in [0.25, 0.3) is 0 Å². The first-order chi connectivity index (χ1) is 13.1. The van der Waals surface area contributed by atoms with Gasteiger partial charge in [-0.15, -0.1) is 0 Å². The first-order valence-corrected chi connectivity index (χ1v) is 10.1. The van der Waals surface area contributed by atoms with Gasteiger partial charge >= 0.3 is 0 Å². The van der Waals surface area contributed by atoms with Crippen LogP contribution >= 0.6 is 11.6 Å². The summed E-state index contributed by atoms with van der Waals surface area (Å²) < 4.78 is 5.31. The standard InChI is InChI=1S/C21H26ClN3O2/c1-16-20(7-13-27-16)21(26)25-8-3-6-19(15-25)24-11-9-23(10-12-24)18-5-2-4-17(22)14-18/h2,4-5,7,13-14,19H,3,6,8-12,15H2,1H3/t19-/m0/s1. The third-order valence-electron chi connectivity index (χ3n) is 5.78. The van der Waals surface area contributed by atoms with E-state index in [1.807, 2.05) is 30.0 Å². The molecule has 1 amide bonds. The average Bonchev–Trinajstić information content (AvgIpc) is 3.13. The van der Waals surface area contributed by atoms with Crippen LogP contribution in [0.2, 0.25) is 5.02 Å². The van der Waals surface area contributed by atoms with Gasteiger partial charge < -0.3 is 14.2 Å². The lowest BCUT2D eigenvalue weighted by molar-refractivity contribution is 0.0562. The topological polar surface area (TPSA) is 39.9 Å². The minimum absolute atomic E-state index is 0.100. The second kappa shape index (κ2) is 7.95. The molecule has 4 rings (SSSR count). The number of hydrogen-bond donors (Lipinski definition) is 0. The van der Waals surface area contributed by atoms with Crippen molar-refractivity contribution in [2.75, 3.05) is 44.2 Å². The SMILES string of the molecule is Cc1occc1C(=O)N1CCC[C@H](N2CCN(c3cccc(Cl)c3)CC2)C1. The van der Waals surface area contributed by atoms with Crippen molar-refractivity contribution in [2.24, 2.45) is 0 Å². The molecule has 0 bridgehead atoms. The number of rotatable bonds is 3. The molecule has 2 fully saturated rings. The van der Waals surface area contributed by atoms with E-state index in [9.17, 15) is 4.79 Å². The summed E-state index contributed by atoms with van der Waals surface area (Å²) >= 11 is 6.13. The Morgan fingerprint density at radius 3 is 2.67 bits per heavy atom. The predicted octanol–water partition coefficient (Wildman–Crippen LogP) is 3.67. The molecule has 6 heteroatoms. The highest BCUT2D eigenvalue weighted by Crippen LogP contribution is 2.24. The van der Waals surface area contributed by atoms with Gasteiger partial charge in [0.25, 0.3) is 5.91 Å². The maximum atomic E-state index is 12.8. The van der Waals surface area contributed by atoms with Gasteiger partial charge in [0.1, 0.15) is 5.76 Å². The van der Waals surface area contributed by atoms with Gasteiger partial charge in [0.05, 0.1) is 11.8 Å². The van der Waals surface area contributed by atoms with Crippen LogP contribution in [-0.2, 0) is 0 Å². The van der Waals surface area contributed by atoms with E-state index in [4.69, 9.17) is 16.0 Å². The summed E-state index contributed by atoms with van der Waals surface area (Å²) in [5.74, 6) is 0.806. The van der Waals surface area contributed by atoms with Gasteiger partial charge in [-0.3, -0.25) is 9.69 Å². The zero-order valence-electron chi connectivity index (χ0n) is 15.7. The summed E-state index contributed by atoms with van der Waals surface area (Å²) in [4.78, 5) is 19.7. The summed E-state index contributed by atoms with van der Waals surface area (Å²) in [6.45, 7) is 7.51. The number of amides is 1. The molecule has 2 aliphatic heterocycles. The number of nitrogens with zero attached hydrogens (tertiary/aromatic N) is 3. The second-order valence-electron chi connectivity index (χ2n) is 7.44. The van der Waals surface area contributed by atoms with Gasteiger partial charge in [0.15, 0.2) is 0 Å². The lowest BCUT2D eigenvalue weighted by Gasteiger charge is -2.44. The number of halogens is 1. The number of carbonyl (C=O) groups is 1. The molecule has 5 nitrogen and oxygen atoms in total. The predicted molar refractivity (Wildman–Crippen MR) is 108 cm³/mol. The van der Waals surface area contributed by atoms with Crippen LogP contribution in [0.4, 0.5) is 5.69 Å². The molecular weight excluding hydrogens is 362 g/mol. The highest BCUT2D eigenvalue weighted by Gasteiger charge is 2.31. The lowest BCUT2D eigenvalue weighted by atomic mass is 10.0. The number of anilines is 1. The average molecular weight is 388 g/mol. The Kier molecular flexibility index (Phi) is 5.41. The normalized spacial score (nSPS) is 21.5. The molecule has 1 atom stereocenters. The minimum Gasteiger partial charge on any atom is -0.469 e. The molecule has 144 valence electrons. The largest absolute Gasteiger partial charge is 0.469 e. The van der Waals surface area contributed by atoms with Crippen molar-refractivity contribution in [3.63, 3.8) is 0 Å². The van der Waals surface area contributed by atoms with Crippen molar-refractivity contribution in [1.82, 2.24) is 9.80 Å². The molecule has 0 spiro atoms. The summed E-state index contributed by atoms with van der Waals surface area (Å²) in [6, 6.07) is 10.3. The van der Waals surface area contributed by atoms with Crippen molar-refractivity contribution >= 4 is 23.2 Å². The maximum absolute atomic E-state index is 12.8. The molecule has 27 heavy (non-hydrogen) atoms. The highest BCUT2D eigenvalue weighted by molar-refractivity contribution is 6.30. The Morgan fingerprint density at radius 2 is 1.96 bits per heavy atom. The van der Waals surface area contributed by atoms with E-state index < -0.39 is 0 Å². The quantitative estimate of drug-likeness (QED) is 0.805. The van der Waals surface area contributed by atoms with Crippen LogP contribution in [0.5, 0.6) is 0 Å². The smallest absolute Gasteiger partial charge is 0.257 e. The third-order valence-corrected chi connectivity index (χ3v) is 6.01. The number of hydrogen-bond acceptors (Lipinski definition) is 4. The molecule has 0 N–H and O–H groups in total. The van der Waals surface area contributed by atoms with Crippen LogP contribution in [0.1, 0.15) is 29.0 Å². The molecule has 2 aromatic rings. The Bertz CT molecular complexity index is 798. The monoisotopic (exact) mass is 387 g/mol. The number of piperazine rings is 1. The van der Waals surface area contributed by atoms with Crippen molar-refractivity contribution in [1.29, 1.82) is 0 Å². The van der Waals surface area contributed by atoms with E-state index in [1.54, 1.807) is 12.3 Å². The van der Waals surface area contributed by atoms with Gasteiger partial charge in [-0.1, -0.05) is 17.7 Å². The van der Waals surface area contributed by atoms with Crippen molar-refractivity contribution < 1.29 is 9.21 Å². The molecule has 1 aromatic heterocycles. The lowest BCUT2D eigenvalue weighted by Crippen LogP contribution is -2.55. The summed E-state index contributed by atoms with van der Waals surface area (Å²) in [5, 5.41) is 0.783. The number of likely N-dealkylation sites (tertiary alicyclic amines) is 1. The molecular formula is C21H26ClN3O2. The Balaban J connectivity index is 1.36. The summed E-state index contributed by atoms with van der Waals surface area (Å²) in [5.41, 5.74) is 1.89. The Labute approximate surface area is 165 Å². The number of benzene rings is 1. The van der Waals surface area contributed by atoms with E-state index in [-0.39, 0.29) is 5.91 Å². The third kappa shape index (κ3) is 3.99. The Morgan fingerprint density at radius 1 is 1.15 bits per heavy atom. The Hall–Kier alpha value is -1.98. The molecule has 0 radical (unpaired) electrons. The molecule has 0 aliphatic carbocycles. The molecule has 2 aliphatic rings. The second-order valence-corrected chi connectivity index (χ2v) is 7.88. The molecule has 2 saturated heterocycles. The fraction of sp³-hybridized carbons (Fsp3) is 0.476. The van der Waals surface area contributed by atoms with Gasteiger partial charge in [-0.05, 0) is 44.0 Å². The molecule has 1 aromatic carbocycles. The fourth-order valence-corrected chi connectivity index (χ4v) is 4.42. The van der Waals surface area contributed by atoms with Crippen molar-refractivity contribution in [3.8, 4) is 0 Å². The van der Waals surface area contributed by atoms with E-state index in [0.717, 1.165) is 57.1 Å². The van der Waals surface area contributed by atoms with E-state index >= 15 is 0 Å². The first-order valence-electron chi connectivity index (χ1n) is 9.70. The van der Waals surface area contributed by atoms with Gasteiger partial charge in [-0.2, -0.15) is 0 Å². The van der Waals surface area contributed by atoms with Gasteiger partial charge in [-0.25, -0.2) is 0 Å². The van der Waals surface area contributed by atoms with Crippen LogP contribution in [-0.4, -0.2) is 61.0 Å². The van der Waals surface area contributed by atoms with Crippen molar-refractivity contribution in [2.45, 2.75) is 25.8 Å². The number of piperidine rings is 1. The summed E-state index contributed by atoms with van der Waals surface area (Å²) in [7, 11) is 0. The van der Waals surface area contributed by atoms with E-state index in [0.29, 0.717) is 17.4 Å². The van der Waals surface area contributed by atoms with Crippen LogP contribution in [0.3, 0.4) is 0 Å². The zero-order chi connectivity index (χ0) is 18.8. The van der Waals surface area contributed by atoms with Crippen LogP contribution < -0.4 is 4.90 Å². The molecule has 3 heterocycles. The van der Waals surface area contributed by atoms with E-state index in [1.165, 1.54) is 5.69 Å². The maximum Gasteiger partial charge on any atom is 0.257 e. The van der Waals surface area contributed by atoms with Crippen molar-refractivity contribution in [3.05, 3.63) is 52.9 Å². The summed E-state index contributed by atoms with van der Waals surface area (Å²) in [6.07, 6.45) is 3.81. The highest BCUT2D eigenvalue weighted by atomic mass is 35.5. The van der Waals surface area contributed by atoms with Crippen LogP contribution in [0.15, 0.2) is 41.0 Å². The van der Waals surface area contributed by atoms with E-state index in [2.05, 4.69) is 15.9 Å². The number of furan rings is 1. The fourth-order valence-electron chi connectivity index (χ4n) is 4.23. The molecule has 0 saturated carbocycles. The van der Waals surface area contributed by atoms with Gasteiger partial charge in [0.2, 0.25) is 0 Å². The zero-order valence-corrected chi connectivity index (χ0v) is 16.5. The minimum atomic E-state index is 0.100.